The second kappa shape index (κ2) is 7.09. The van der Waals surface area contributed by atoms with Crippen LogP contribution in [0.1, 0.15) is 18.5 Å². The lowest BCUT2D eigenvalue weighted by atomic mass is 9.97. The van der Waals surface area contributed by atoms with Gasteiger partial charge in [-0.3, -0.25) is 0 Å². The Morgan fingerprint density at radius 1 is 1.25 bits per heavy atom. The normalized spacial score (nSPS) is 18.2. The van der Waals surface area contributed by atoms with Gasteiger partial charge in [0.2, 0.25) is 6.79 Å². The molecule has 0 radical (unpaired) electrons. The fourth-order valence-electron chi connectivity index (χ4n) is 3.22. The monoisotopic (exact) mass is 345 g/mol. The summed E-state index contributed by atoms with van der Waals surface area (Å²) in [5.74, 6) is 2.42. The summed E-state index contributed by atoms with van der Waals surface area (Å²) < 4.78 is 10.8. The minimum absolute atomic E-state index is 0.308. The number of ether oxygens (including phenoxy) is 2. The number of benzene rings is 1. The molecule has 5 nitrogen and oxygen atoms in total. The fraction of sp³-hybridized carbons (Fsp3) is 0.500. The minimum Gasteiger partial charge on any atom is -0.454 e. The van der Waals surface area contributed by atoms with E-state index in [2.05, 4.69) is 22.6 Å². The first kappa shape index (κ1) is 15.9. The molecule has 24 heavy (non-hydrogen) atoms. The second-order valence-electron chi connectivity index (χ2n) is 6.59. The van der Waals surface area contributed by atoms with E-state index in [-0.39, 0.29) is 0 Å². The number of thiazole rings is 1. The van der Waals surface area contributed by atoms with Gasteiger partial charge in [0, 0.05) is 17.5 Å². The molecule has 2 aliphatic rings. The Bertz CT molecular complexity index is 695. The Morgan fingerprint density at radius 2 is 2.08 bits per heavy atom. The number of nitrogens with one attached hydrogen (secondary N) is 1. The third-order valence-corrected chi connectivity index (χ3v) is 5.69. The lowest BCUT2D eigenvalue weighted by Gasteiger charge is -2.28. The van der Waals surface area contributed by atoms with E-state index in [0.29, 0.717) is 6.79 Å². The summed E-state index contributed by atoms with van der Waals surface area (Å²) in [5.41, 5.74) is 2.20. The van der Waals surface area contributed by atoms with Crippen LogP contribution in [0.5, 0.6) is 11.5 Å². The molecule has 0 amide bonds. The molecular formula is C18H23N3O2S. The molecule has 1 aromatic heterocycles. The topological polar surface area (TPSA) is 46.6 Å². The first-order valence-corrected chi connectivity index (χ1v) is 9.39. The molecule has 0 atom stereocenters. The van der Waals surface area contributed by atoms with E-state index in [1.54, 1.807) is 11.3 Å². The van der Waals surface area contributed by atoms with Gasteiger partial charge in [0.05, 0.1) is 5.69 Å². The van der Waals surface area contributed by atoms with Gasteiger partial charge >= 0.3 is 0 Å². The number of fused-ring (bicyclic) bond motifs is 1. The molecule has 1 fully saturated rings. The molecule has 6 heteroatoms. The molecule has 4 rings (SSSR count). The summed E-state index contributed by atoms with van der Waals surface area (Å²) in [5, 5.41) is 6.75. The maximum absolute atomic E-state index is 5.45. The Kier molecular flexibility index (Phi) is 4.69. The summed E-state index contributed by atoms with van der Waals surface area (Å²) in [4.78, 5) is 7.16. The van der Waals surface area contributed by atoms with Crippen molar-refractivity contribution in [2.75, 3.05) is 33.5 Å². The maximum atomic E-state index is 5.45. The molecule has 1 N–H and O–H groups in total. The lowest BCUT2D eigenvalue weighted by Crippen LogP contribution is -2.34. The van der Waals surface area contributed by atoms with E-state index in [1.165, 1.54) is 25.9 Å². The molecule has 0 bridgehead atoms. The summed E-state index contributed by atoms with van der Waals surface area (Å²) in [7, 11) is 2.20. The van der Waals surface area contributed by atoms with Crippen molar-refractivity contribution in [3.63, 3.8) is 0 Å². The average molecular weight is 345 g/mol. The zero-order valence-electron chi connectivity index (χ0n) is 14.0. The zero-order valence-corrected chi connectivity index (χ0v) is 14.8. The first-order chi connectivity index (χ1) is 11.8. The van der Waals surface area contributed by atoms with Gasteiger partial charge in [-0.1, -0.05) is 0 Å². The van der Waals surface area contributed by atoms with Crippen LogP contribution < -0.4 is 14.8 Å². The summed E-state index contributed by atoms with van der Waals surface area (Å²) in [6.07, 6.45) is 2.59. The van der Waals surface area contributed by atoms with Crippen LogP contribution in [0.4, 0.5) is 0 Å². The quantitative estimate of drug-likeness (QED) is 0.903. The Hall–Kier alpha value is -1.63. The van der Waals surface area contributed by atoms with Crippen molar-refractivity contribution in [2.45, 2.75) is 19.4 Å². The van der Waals surface area contributed by atoms with Crippen molar-refractivity contribution in [3.05, 3.63) is 29.3 Å². The van der Waals surface area contributed by atoms with Crippen LogP contribution in [0.3, 0.4) is 0 Å². The average Bonchev–Trinajstić information content (AvgIpc) is 3.25. The standard InChI is InChI=1S/C18H23N3O2S/c1-21-6-4-13(5-7-21)9-19-10-15-11-24-18(20-15)14-2-3-16-17(8-14)23-12-22-16/h2-3,8,11,13,19H,4-7,9-10,12H2,1H3. The van der Waals surface area contributed by atoms with Crippen molar-refractivity contribution in [2.24, 2.45) is 5.92 Å². The van der Waals surface area contributed by atoms with Crippen molar-refractivity contribution < 1.29 is 9.47 Å². The van der Waals surface area contributed by atoms with Crippen molar-refractivity contribution >= 4 is 11.3 Å². The van der Waals surface area contributed by atoms with E-state index in [4.69, 9.17) is 14.5 Å². The zero-order chi connectivity index (χ0) is 16.4. The van der Waals surface area contributed by atoms with E-state index in [1.807, 2.05) is 18.2 Å². The molecule has 1 aromatic carbocycles. The van der Waals surface area contributed by atoms with Gasteiger partial charge in [-0.2, -0.15) is 0 Å². The third kappa shape index (κ3) is 3.55. The number of hydrogen-bond acceptors (Lipinski definition) is 6. The minimum atomic E-state index is 0.308. The van der Waals surface area contributed by atoms with Crippen molar-refractivity contribution in [1.29, 1.82) is 0 Å². The smallest absolute Gasteiger partial charge is 0.231 e. The summed E-state index contributed by atoms with van der Waals surface area (Å²) >= 11 is 1.68. The highest BCUT2D eigenvalue weighted by Crippen LogP contribution is 2.36. The van der Waals surface area contributed by atoms with Gasteiger partial charge < -0.3 is 19.7 Å². The molecule has 0 spiro atoms. The Morgan fingerprint density at radius 3 is 2.96 bits per heavy atom. The third-order valence-electron chi connectivity index (χ3n) is 4.75. The lowest BCUT2D eigenvalue weighted by molar-refractivity contribution is 0.174. The van der Waals surface area contributed by atoms with Crippen LogP contribution in [-0.4, -0.2) is 43.4 Å². The summed E-state index contributed by atoms with van der Waals surface area (Å²) in [6.45, 7) is 4.68. The highest BCUT2D eigenvalue weighted by atomic mass is 32.1. The number of nitrogens with zero attached hydrogens (tertiary/aromatic N) is 2. The highest BCUT2D eigenvalue weighted by Gasteiger charge is 2.17. The largest absolute Gasteiger partial charge is 0.454 e. The SMILES string of the molecule is CN1CCC(CNCc2csc(-c3ccc4c(c3)OCO4)n2)CC1. The van der Waals surface area contributed by atoms with Crippen LogP contribution in [0.25, 0.3) is 10.6 Å². The van der Waals surface area contributed by atoms with E-state index in [0.717, 1.165) is 46.8 Å². The predicted octanol–water partition coefficient (Wildman–Crippen LogP) is 2.97. The molecule has 0 saturated carbocycles. The van der Waals surface area contributed by atoms with Gasteiger partial charge in [-0.15, -0.1) is 11.3 Å². The summed E-state index contributed by atoms with van der Waals surface area (Å²) in [6, 6.07) is 6.01. The highest BCUT2D eigenvalue weighted by molar-refractivity contribution is 7.13. The van der Waals surface area contributed by atoms with Gasteiger partial charge in [0.25, 0.3) is 0 Å². The second-order valence-corrected chi connectivity index (χ2v) is 7.45. The molecular weight excluding hydrogens is 322 g/mol. The molecule has 0 aliphatic carbocycles. The Labute approximate surface area is 146 Å². The van der Waals surface area contributed by atoms with Gasteiger partial charge in [0.1, 0.15) is 5.01 Å². The molecule has 1 saturated heterocycles. The van der Waals surface area contributed by atoms with Crippen LogP contribution in [0.2, 0.25) is 0 Å². The van der Waals surface area contributed by atoms with Gasteiger partial charge in [0.15, 0.2) is 11.5 Å². The van der Waals surface area contributed by atoms with Gasteiger partial charge in [-0.05, 0) is 63.6 Å². The van der Waals surface area contributed by atoms with E-state index in [9.17, 15) is 0 Å². The number of aromatic nitrogens is 1. The Balaban J connectivity index is 1.32. The number of rotatable bonds is 5. The molecule has 3 heterocycles. The first-order valence-electron chi connectivity index (χ1n) is 8.51. The van der Waals surface area contributed by atoms with Crippen LogP contribution in [-0.2, 0) is 6.54 Å². The number of likely N-dealkylation sites (tertiary alicyclic amines) is 1. The number of piperidine rings is 1. The van der Waals surface area contributed by atoms with Crippen molar-refractivity contribution in [3.8, 4) is 22.1 Å². The fourth-order valence-corrected chi connectivity index (χ4v) is 4.04. The molecule has 2 aromatic rings. The van der Waals surface area contributed by atoms with Crippen LogP contribution in [0.15, 0.2) is 23.6 Å². The molecule has 2 aliphatic heterocycles. The van der Waals surface area contributed by atoms with E-state index >= 15 is 0 Å². The van der Waals surface area contributed by atoms with Crippen LogP contribution >= 0.6 is 11.3 Å². The van der Waals surface area contributed by atoms with Crippen molar-refractivity contribution in [1.82, 2.24) is 15.2 Å². The van der Waals surface area contributed by atoms with E-state index < -0.39 is 0 Å². The maximum Gasteiger partial charge on any atom is 0.231 e. The number of hydrogen-bond donors (Lipinski definition) is 1. The van der Waals surface area contributed by atoms with Gasteiger partial charge in [-0.25, -0.2) is 4.98 Å². The predicted molar refractivity (Wildman–Crippen MR) is 95.6 cm³/mol. The van der Waals surface area contributed by atoms with Crippen LogP contribution in [0, 0.1) is 5.92 Å². The molecule has 0 unspecified atom stereocenters. The molecule has 128 valence electrons.